The van der Waals surface area contributed by atoms with Crippen LogP contribution in [0.5, 0.6) is 0 Å². The number of hydrogen-bond donors (Lipinski definition) is 1. The summed E-state index contributed by atoms with van der Waals surface area (Å²) in [7, 11) is 0. The fourth-order valence-corrected chi connectivity index (χ4v) is 11.1. The Bertz CT molecular complexity index is 1000. The van der Waals surface area contributed by atoms with Crippen LogP contribution in [0.25, 0.3) is 0 Å². The van der Waals surface area contributed by atoms with Crippen LogP contribution in [0.1, 0.15) is 115 Å². The van der Waals surface area contributed by atoms with Crippen molar-refractivity contribution in [1.82, 2.24) is 0 Å². The number of rotatable bonds is 7. The van der Waals surface area contributed by atoms with Gasteiger partial charge in [-0.25, -0.2) is 4.79 Å². The molecule has 222 valence electrons. The van der Waals surface area contributed by atoms with Gasteiger partial charge in [0.15, 0.2) is 0 Å². The monoisotopic (exact) mass is 550 g/mol. The summed E-state index contributed by atoms with van der Waals surface area (Å²) in [4.78, 5) is 13.0. The fraction of sp³-hybridized carbons (Fsp3) is 0.806. The molecule has 4 aliphatic carbocycles. The van der Waals surface area contributed by atoms with Gasteiger partial charge in [0, 0.05) is 19.1 Å². The van der Waals surface area contributed by atoms with Crippen molar-refractivity contribution in [3.05, 3.63) is 35.9 Å². The summed E-state index contributed by atoms with van der Waals surface area (Å²) in [5.41, 5.74) is 1.56. The van der Waals surface area contributed by atoms with Gasteiger partial charge in [0.25, 0.3) is 0 Å². The van der Waals surface area contributed by atoms with Crippen molar-refractivity contribution in [3.63, 3.8) is 0 Å². The summed E-state index contributed by atoms with van der Waals surface area (Å²) in [6, 6.07) is 9.51. The van der Waals surface area contributed by atoms with Gasteiger partial charge in [-0.05, 0) is 142 Å². The molecule has 1 saturated heterocycles. The lowest BCUT2D eigenvalue weighted by Gasteiger charge is -2.61. The second-order valence-corrected chi connectivity index (χ2v) is 15.1. The maximum atomic E-state index is 13.0. The van der Waals surface area contributed by atoms with Gasteiger partial charge in [0.2, 0.25) is 0 Å². The number of ether oxygens (including phenoxy) is 2. The molecule has 1 aromatic carbocycles. The molecular formula is C36H54O4. The molecule has 4 heteroatoms. The van der Waals surface area contributed by atoms with Crippen LogP contribution in [0.4, 0.5) is 0 Å². The van der Waals surface area contributed by atoms with Crippen molar-refractivity contribution in [1.29, 1.82) is 0 Å². The van der Waals surface area contributed by atoms with Gasteiger partial charge in [-0.2, -0.15) is 0 Å². The molecule has 0 unspecified atom stereocenters. The van der Waals surface area contributed by atoms with Crippen LogP contribution in [0, 0.1) is 52.3 Å². The minimum absolute atomic E-state index is 0.0170. The van der Waals surface area contributed by atoms with Crippen molar-refractivity contribution in [2.24, 2.45) is 52.3 Å². The minimum atomic E-state index is -0.171. The van der Waals surface area contributed by atoms with Gasteiger partial charge in [0.05, 0.1) is 11.7 Å². The van der Waals surface area contributed by atoms with Gasteiger partial charge in [-0.3, -0.25) is 0 Å². The first-order valence-corrected chi connectivity index (χ1v) is 16.8. The standard InChI is InChI=1S/C36H54O4/c1-24(9-14-33(25-17-21-39-22-18-25)40-34(38)26-7-5-4-6-8-26)30-12-13-31-29-11-10-27-23-28(37)15-19-35(27,2)32(29)16-20-36(30,31)3/h4-8,24-25,27-33,37H,9-23H2,1-3H3/t24-,27+,28+,29+,30-,31+,32+,33+,35+,36-/m1/s1. The van der Waals surface area contributed by atoms with E-state index in [0.717, 1.165) is 81.3 Å². The molecule has 4 nitrogen and oxygen atoms in total. The van der Waals surface area contributed by atoms with Crippen molar-refractivity contribution < 1.29 is 19.4 Å². The summed E-state index contributed by atoms with van der Waals surface area (Å²) in [6.07, 6.45) is 15.6. The largest absolute Gasteiger partial charge is 0.458 e. The molecule has 5 fully saturated rings. The Balaban J connectivity index is 1.11. The summed E-state index contributed by atoms with van der Waals surface area (Å²) in [6.45, 7) is 9.33. The van der Waals surface area contributed by atoms with E-state index in [4.69, 9.17) is 9.47 Å². The second kappa shape index (κ2) is 11.7. The van der Waals surface area contributed by atoms with Crippen molar-refractivity contribution >= 4 is 5.97 Å². The van der Waals surface area contributed by atoms with Crippen molar-refractivity contribution in [2.45, 2.75) is 116 Å². The lowest BCUT2D eigenvalue weighted by Crippen LogP contribution is -2.54. The van der Waals surface area contributed by atoms with Gasteiger partial charge >= 0.3 is 5.97 Å². The molecule has 0 spiro atoms. The van der Waals surface area contributed by atoms with E-state index < -0.39 is 0 Å². The Morgan fingerprint density at radius 1 is 0.925 bits per heavy atom. The average Bonchev–Trinajstić information content (AvgIpc) is 3.33. The molecule has 6 rings (SSSR count). The highest BCUT2D eigenvalue weighted by Gasteiger charge is 2.60. The number of hydrogen-bond acceptors (Lipinski definition) is 4. The van der Waals surface area contributed by atoms with Crippen LogP contribution >= 0.6 is 0 Å². The molecule has 40 heavy (non-hydrogen) atoms. The van der Waals surface area contributed by atoms with Gasteiger partial charge in [-0.1, -0.05) is 39.0 Å². The highest BCUT2D eigenvalue weighted by atomic mass is 16.5. The molecule has 0 bridgehead atoms. The third-order valence-corrected chi connectivity index (χ3v) is 13.4. The molecular weight excluding hydrogens is 496 g/mol. The zero-order chi connectivity index (χ0) is 27.9. The number of fused-ring (bicyclic) bond motifs is 5. The van der Waals surface area contributed by atoms with Crippen molar-refractivity contribution in [3.8, 4) is 0 Å². The molecule has 0 radical (unpaired) electrons. The highest BCUT2D eigenvalue weighted by Crippen LogP contribution is 2.68. The number of benzene rings is 1. The Labute approximate surface area is 243 Å². The lowest BCUT2D eigenvalue weighted by atomic mass is 9.44. The van der Waals surface area contributed by atoms with E-state index in [2.05, 4.69) is 20.8 Å². The van der Waals surface area contributed by atoms with E-state index in [-0.39, 0.29) is 18.2 Å². The second-order valence-electron chi connectivity index (χ2n) is 15.1. The van der Waals surface area contributed by atoms with Crippen LogP contribution in [0.15, 0.2) is 30.3 Å². The van der Waals surface area contributed by atoms with Crippen LogP contribution in [0.2, 0.25) is 0 Å². The SMILES string of the molecule is C[C@H](CC[C@H](OC(=O)c1ccccc1)C1CCOCC1)[C@H]1CC[C@H]2[C@@H]3CC[C@H]4C[C@@H](O)CC[C@]4(C)[C@H]3CC[C@]12C. The first kappa shape index (κ1) is 28.7. The predicted octanol–water partition coefficient (Wildman–Crippen LogP) is 8.07. The zero-order valence-corrected chi connectivity index (χ0v) is 25.4. The number of carbonyl (C=O) groups excluding carboxylic acids is 1. The van der Waals surface area contributed by atoms with Crippen LogP contribution in [0.3, 0.4) is 0 Å². The van der Waals surface area contributed by atoms with Crippen LogP contribution in [-0.2, 0) is 9.47 Å². The first-order valence-electron chi connectivity index (χ1n) is 16.8. The number of aliphatic hydroxyl groups is 1. The molecule has 1 aliphatic heterocycles. The summed E-state index contributed by atoms with van der Waals surface area (Å²) < 4.78 is 11.9. The number of carbonyl (C=O) groups is 1. The minimum Gasteiger partial charge on any atom is -0.458 e. The van der Waals surface area contributed by atoms with Crippen LogP contribution < -0.4 is 0 Å². The Morgan fingerprint density at radius 2 is 1.65 bits per heavy atom. The first-order chi connectivity index (χ1) is 19.3. The normalized spacial score (nSPS) is 41.3. The molecule has 5 aliphatic rings. The fourth-order valence-electron chi connectivity index (χ4n) is 11.1. The zero-order valence-electron chi connectivity index (χ0n) is 25.4. The number of esters is 1. The molecule has 1 heterocycles. The van der Waals surface area contributed by atoms with Crippen molar-refractivity contribution in [2.75, 3.05) is 13.2 Å². The van der Waals surface area contributed by atoms with Crippen LogP contribution in [-0.4, -0.2) is 36.5 Å². The predicted molar refractivity (Wildman–Crippen MR) is 159 cm³/mol. The maximum Gasteiger partial charge on any atom is 0.338 e. The Hall–Kier alpha value is -1.39. The molecule has 4 saturated carbocycles. The maximum absolute atomic E-state index is 13.0. The third-order valence-electron chi connectivity index (χ3n) is 13.4. The summed E-state index contributed by atoms with van der Waals surface area (Å²) in [5, 5.41) is 10.4. The van der Waals surface area contributed by atoms with E-state index in [1.54, 1.807) is 0 Å². The molecule has 10 atom stereocenters. The quantitative estimate of drug-likeness (QED) is 0.349. The molecule has 0 amide bonds. The topological polar surface area (TPSA) is 55.8 Å². The van der Waals surface area contributed by atoms with E-state index in [1.165, 1.54) is 44.9 Å². The Kier molecular flexibility index (Phi) is 8.41. The summed E-state index contributed by atoms with van der Waals surface area (Å²) in [5.74, 6) is 5.01. The highest BCUT2D eigenvalue weighted by molar-refractivity contribution is 5.89. The third kappa shape index (κ3) is 5.30. The van der Waals surface area contributed by atoms with E-state index in [9.17, 15) is 9.90 Å². The van der Waals surface area contributed by atoms with Gasteiger partial charge < -0.3 is 14.6 Å². The van der Waals surface area contributed by atoms with E-state index in [1.807, 2.05) is 30.3 Å². The number of aliphatic hydroxyl groups excluding tert-OH is 1. The van der Waals surface area contributed by atoms with E-state index >= 15 is 0 Å². The molecule has 0 aromatic heterocycles. The van der Waals surface area contributed by atoms with Gasteiger partial charge in [0.1, 0.15) is 6.10 Å². The van der Waals surface area contributed by atoms with E-state index in [0.29, 0.717) is 28.2 Å². The smallest absolute Gasteiger partial charge is 0.338 e. The molecule has 1 N–H and O–H groups in total. The Morgan fingerprint density at radius 3 is 2.42 bits per heavy atom. The average molecular weight is 551 g/mol. The lowest BCUT2D eigenvalue weighted by molar-refractivity contribution is -0.129. The van der Waals surface area contributed by atoms with Gasteiger partial charge in [-0.15, -0.1) is 0 Å². The molecule has 1 aromatic rings. The summed E-state index contributed by atoms with van der Waals surface area (Å²) >= 11 is 0.